The molecule has 1 aliphatic heterocycles. The summed E-state index contributed by atoms with van der Waals surface area (Å²) >= 11 is 1.74. The molecular weight excluding hydrogens is 316 g/mol. The van der Waals surface area contributed by atoms with Crippen molar-refractivity contribution < 1.29 is 0 Å². The Morgan fingerprint density at radius 2 is 1.96 bits per heavy atom. The zero-order valence-electron chi connectivity index (χ0n) is 13.7. The molecule has 4 nitrogen and oxygen atoms in total. The van der Waals surface area contributed by atoms with Crippen molar-refractivity contribution in [3.8, 4) is 10.7 Å². The van der Waals surface area contributed by atoms with E-state index in [9.17, 15) is 0 Å². The van der Waals surface area contributed by atoms with Crippen LogP contribution in [0.4, 0.5) is 5.82 Å². The second-order valence-electron chi connectivity index (χ2n) is 6.24. The minimum atomic E-state index is 0.805. The molecular formula is C19H22N4S. The van der Waals surface area contributed by atoms with Crippen LogP contribution in [0.15, 0.2) is 42.6 Å². The summed E-state index contributed by atoms with van der Waals surface area (Å²) in [6.07, 6.45) is 5.90. The molecule has 0 aliphatic carbocycles. The molecule has 24 heavy (non-hydrogen) atoms. The third-order valence-electron chi connectivity index (χ3n) is 4.48. The molecule has 1 fully saturated rings. The number of hydrogen-bond acceptors (Lipinski definition) is 5. The molecule has 0 saturated carbocycles. The summed E-state index contributed by atoms with van der Waals surface area (Å²) in [6.45, 7) is 4.49. The number of piperidine rings is 1. The van der Waals surface area contributed by atoms with E-state index in [1.54, 1.807) is 11.3 Å². The van der Waals surface area contributed by atoms with E-state index in [1.165, 1.54) is 42.4 Å². The summed E-state index contributed by atoms with van der Waals surface area (Å²) in [4.78, 5) is 12.8. The van der Waals surface area contributed by atoms with Gasteiger partial charge in [0.05, 0.1) is 4.88 Å². The maximum absolute atomic E-state index is 4.69. The van der Waals surface area contributed by atoms with Gasteiger partial charge in [0.1, 0.15) is 5.82 Å². The van der Waals surface area contributed by atoms with Gasteiger partial charge in [0.25, 0.3) is 0 Å². The minimum absolute atomic E-state index is 0.805. The van der Waals surface area contributed by atoms with E-state index in [0.29, 0.717) is 0 Å². The van der Waals surface area contributed by atoms with Crippen LogP contribution in [0.2, 0.25) is 0 Å². The number of aromatic nitrogens is 2. The number of hydrogen-bond donors (Lipinski definition) is 1. The van der Waals surface area contributed by atoms with Gasteiger partial charge in [0.2, 0.25) is 0 Å². The van der Waals surface area contributed by atoms with E-state index in [1.807, 2.05) is 12.3 Å². The molecule has 4 rings (SSSR count). The van der Waals surface area contributed by atoms with Crippen molar-refractivity contribution in [2.24, 2.45) is 0 Å². The van der Waals surface area contributed by atoms with Crippen LogP contribution in [0.25, 0.3) is 20.8 Å². The first kappa shape index (κ1) is 15.5. The lowest BCUT2D eigenvalue weighted by Gasteiger charge is -2.26. The van der Waals surface area contributed by atoms with Crippen molar-refractivity contribution in [1.82, 2.24) is 14.9 Å². The molecule has 124 valence electrons. The van der Waals surface area contributed by atoms with E-state index < -0.39 is 0 Å². The summed E-state index contributed by atoms with van der Waals surface area (Å²) in [7, 11) is 0. The molecule has 0 spiro atoms. The zero-order valence-corrected chi connectivity index (χ0v) is 14.6. The van der Waals surface area contributed by atoms with Crippen molar-refractivity contribution >= 4 is 27.2 Å². The van der Waals surface area contributed by atoms with Crippen molar-refractivity contribution in [2.75, 3.05) is 31.5 Å². The smallest absolute Gasteiger partial charge is 0.171 e. The molecule has 0 radical (unpaired) electrons. The summed E-state index contributed by atoms with van der Waals surface area (Å²) in [5.74, 6) is 1.72. The van der Waals surface area contributed by atoms with Gasteiger partial charge in [-0.3, -0.25) is 0 Å². The van der Waals surface area contributed by atoms with Gasteiger partial charge < -0.3 is 10.2 Å². The van der Waals surface area contributed by atoms with Crippen LogP contribution in [0.5, 0.6) is 0 Å². The zero-order chi connectivity index (χ0) is 16.2. The van der Waals surface area contributed by atoms with Crippen molar-refractivity contribution in [3.05, 3.63) is 42.6 Å². The van der Waals surface area contributed by atoms with Crippen LogP contribution >= 0.6 is 11.3 Å². The summed E-state index contributed by atoms with van der Waals surface area (Å²) < 4.78 is 1.28. The molecule has 1 aromatic carbocycles. The number of nitrogens with one attached hydrogen (secondary N) is 1. The van der Waals surface area contributed by atoms with E-state index in [-0.39, 0.29) is 0 Å². The Labute approximate surface area is 146 Å². The molecule has 1 saturated heterocycles. The first-order valence-electron chi connectivity index (χ1n) is 8.67. The molecule has 2 aromatic heterocycles. The van der Waals surface area contributed by atoms with Crippen molar-refractivity contribution in [3.63, 3.8) is 0 Å². The van der Waals surface area contributed by atoms with Gasteiger partial charge in [-0.1, -0.05) is 24.6 Å². The summed E-state index contributed by atoms with van der Waals surface area (Å²) in [5.41, 5.74) is 0. The predicted molar refractivity (Wildman–Crippen MR) is 102 cm³/mol. The average molecular weight is 338 g/mol. The van der Waals surface area contributed by atoms with Gasteiger partial charge in [-0.25, -0.2) is 9.97 Å². The maximum atomic E-state index is 4.69. The van der Waals surface area contributed by atoms with E-state index >= 15 is 0 Å². The highest BCUT2D eigenvalue weighted by Gasteiger charge is 2.10. The van der Waals surface area contributed by atoms with Crippen LogP contribution < -0.4 is 5.32 Å². The number of likely N-dealkylation sites (tertiary alicyclic amines) is 1. The van der Waals surface area contributed by atoms with Gasteiger partial charge in [0.15, 0.2) is 5.82 Å². The first-order valence-corrected chi connectivity index (χ1v) is 9.48. The monoisotopic (exact) mass is 338 g/mol. The molecule has 3 heterocycles. The molecule has 5 heteroatoms. The van der Waals surface area contributed by atoms with Crippen LogP contribution in [-0.4, -0.2) is 41.0 Å². The molecule has 0 unspecified atom stereocenters. The second kappa shape index (κ2) is 7.28. The van der Waals surface area contributed by atoms with E-state index in [0.717, 1.165) is 29.6 Å². The maximum Gasteiger partial charge on any atom is 0.171 e. The Balaban J connectivity index is 1.43. The number of nitrogens with zero attached hydrogens (tertiary/aromatic N) is 3. The van der Waals surface area contributed by atoms with Gasteiger partial charge in [-0.2, -0.15) is 0 Å². The second-order valence-corrected chi connectivity index (χ2v) is 7.33. The number of thiophene rings is 1. The van der Waals surface area contributed by atoms with Crippen LogP contribution in [-0.2, 0) is 0 Å². The fourth-order valence-electron chi connectivity index (χ4n) is 3.19. The molecule has 3 aromatic rings. The highest BCUT2D eigenvalue weighted by molar-refractivity contribution is 7.22. The van der Waals surface area contributed by atoms with Crippen molar-refractivity contribution in [1.29, 1.82) is 0 Å². The Kier molecular flexibility index (Phi) is 4.71. The lowest BCUT2D eigenvalue weighted by Crippen LogP contribution is -2.33. The van der Waals surface area contributed by atoms with Crippen LogP contribution in [0, 0.1) is 0 Å². The normalized spacial score (nSPS) is 15.7. The number of anilines is 1. The molecule has 0 bridgehead atoms. The van der Waals surface area contributed by atoms with Crippen LogP contribution in [0.1, 0.15) is 19.3 Å². The van der Waals surface area contributed by atoms with Gasteiger partial charge in [-0.15, -0.1) is 11.3 Å². The van der Waals surface area contributed by atoms with E-state index in [4.69, 9.17) is 4.98 Å². The Morgan fingerprint density at radius 1 is 1.08 bits per heavy atom. The Hall–Kier alpha value is -1.98. The SMILES string of the molecule is c1ccc2sc(-c3nccc(NCCN4CCCCC4)n3)cc2c1. The van der Waals surface area contributed by atoms with Crippen LogP contribution in [0.3, 0.4) is 0 Å². The van der Waals surface area contributed by atoms with Gasteiger partial charge in [-0.05, 0) is 49.5 Å². The van der Waals surface area contributed by atoms with Gasteiger partial charge >= 0.3 is 0 Å². The Morgan fingerprint density at radius 3 is 2.83 bits per heavy atom. The minimum Gasteiger partial charge on any atom is -0.369 e. The lowest BCUT2D eigenvalue weighted by molar-refractivity contribution is 0.237. The molecule has 1 N–H and O–H groups in total. The first-order chi connectivity index (χ1) is 11.9. The summed E-state index contributed by atoms with van der Waals surface area (Å²) in [6, 6.07) is 12.5. The quantitative estimate of drug-likeness (QED) is 0.755. The van der Waals surface area contributed by atoms with E-state index in [2.05, 4.69) is 45.5 Å². The van der Waals surface area contributed by atoms with Crippen molar-refractivity contribution in [2.45, 2.75) is 19.3 Å². The number of rotatable bonds is 5. The molecule has 1 aliphatic rings. The van der Waals surface area contributed by atoms with Gasteiger partial charge in [0, 0.05) is 24.0 Å². The molecule has 0 atom stereocenters. The highest BCUT2D eigenvalue weighted by Crippen LogP contribution is 2.31. The predicted octanol–water partition coefficient (Wildman–Crippen LogP) is 4.26. The molecule has 0 amide bonds. The third kappa shape index (κ3) is 3.57. The fourth-order valence-corrected chi connectivity index (χ4v) is 4.20. The standard InChI is InChI=1S/C19H22N4S/c1-4-11-23(12-5-1)13-10-20-18-8-9-21-19(22-18)17-14-15-6-2-3-7-16(15)24-17/h2-3,6-9,14H,1,4-5,10-13H2,(H,20,21,22). The number of fused-ring (bicyclic) bond motifs is 1. The third-order valence-corrected chi connectivity index (χ3v) is 5.60. The number of benzene rings is 1. The highest BCUT2D eigenvalue weighted by atomic mass is 32.1. The largest absolute Gasteiger partial charge is 0.369 e. The lowest BCUT2D eigenvalue weighted by atomic mass is 10.1. The Bertz CT molecular complexity index is 775. The summed E-state index contributed by atoms with van der Waals surface area (Å²) in [5, 5.41) is 4.70. The topological polar surface area (TPSA) is 41.1 Å². The fraction of sp³-hybridized carbons (Fsp3) is 0.368. The average Bonchev–Trinajstić information content (AvgIpc) is 3.07.